The minimum Gasteiger partial charge on any atom is -0.452 e. The molecule has 1 saturated heterocycles. The van der Waals surface area contributed by atoms with Gasteiger partial charge in [-0.1, -0.05) is 6.07 Å². The first-order chi connectivity index (χ1) is 10.5. The van der Waals surface area contributed by atoms with Crippen LogP contribution in [0.15, 0.2) is 18.2 Å². The summed E-state index contributed by atoms with van der Waals surface area (Å²) >= 11 is 0. The van der Waals surface area contributed by atoms with E-state index in [2.05, 4.69) is 0 Å². The van der Waals surface area contributed by atoms with Crippen LogP contribution in [0.2, 0.25) is 0 Å². The average Bonchev–Trinajstić information content (AvgIpc) is 2.53. The molecule has 0 bridgehead atoms. The van der Waals surface area contributed by atoms with Crippen molar-refractivity contribution in [1.29, 1.82) is 0 Å². The van der Waals surface area contributed by atoms with Crippen LogP contribution in [0.5, 0.6) is 0 Å². The van der Waals surface area contributed by atoms with E-state index in [-0.39, 0.29) is 29.3 Å². The van der Waals surface area contributed by atoms with Crippen molar-refractivity contribution >= 4 is 17.6 Å². The van der Waals surface area contributed by atoms with Crippen LogP contribution in [0.4, 0.5) is 5.69 Å². The molecule has 1 heterocycles. The number of nitrogens with zero attached hydrogens (tertiary/aromatic N) is 2. The van der Waals surface area contributed by atoms with Gasteiger partial charge in [-0.3, -0.25) is 14.9 Å². The van der Waals surface area contributed by atoms with Gasteiger partial charge in [0.25, 0.3) is 11.6 Å². The predicted molar refractivity (Wildman–Crippen MR) is 78.5 cm³/mol. The summed E-state index contributed by atoms with van der Waals surface area (Å²) in [5.41, 5.74) is 0.209. The minimum atomic E-state index is -0.716. The molecule has 1 fully saturated rings. The minimum absolute atomic E-state index is 0.112. The second-order valence-electron chi connectivity index (χ2n) is 5.22. The first-order valence-electron chi connectivity index (χ1n) is 7.19. The summed E-state index contributed by atoms with van der Waals surface area (Å²) < 4.78 is 5.01. The van der Waals surface area contributed by atoms with E-state index in [1.165, 1.54) is 25.1 Å². The van der Waals surface area contributed by atoms with Gasteiger partial charge in [-0.25, -0.2) is 4.79 Å². The third kappa shape index (κ3) is 3.60. The van der Waals surface area contributed by atoms with E-state index in [1.807, 2.05) is 0 Å². The summed E-state index contributed by atoms with van der Waals surface area (Å²) in [4.78, 5) is 35.9. The van der Waals surface area contributed by atoms with Crippen molar-refractivity contribution < 1.29 is 19.2 Å². The van der Waals surface area contributed by atoms with Crippen molar-refractivity contribution in [2.24, 2.45) is 0 Å². The van der Waals surface area contributed by atoms with Crippen molar-refractivity contribution in [2.45, 2.75) is 26.2 Å². The Hall–Kier alpha value is -2.44. The molecule has 0 atom stereocenters. The molecule has 2 rings (SSSR count). The highest BCUT2D eigenvalue weighted by molar-refractivity contribution is 5.93. The van der Waals surface area contributed by atoms with E-state index in [9.17, 15) is 19.7 Å². The van der Waals surface area contributed by atoms with E-state index in [1.54, 1.807) is 4.90 Å². The van der Waals surface area contributed by atoms with Gasteiger partial charge in [0.05, 0.1) is 10.5 Å². The fraction of sp³-hybridized carbons (Fsp3) is 0.467. The molecule has 0 aliphatic carbocycles. The van der Waals surface area contributed by atoms with Gasteiger partial charge in [0.15, 0.2) is 6.61 Å². The molecule has 118 valence electrons. The third-order valence-corrected chi connectivity index (χ3v) is 3.76. The Balaban J connectivity index is 1.99. The second kappa shape index (κ2) is 7.02. The Morgan fingerprint density at radius 3 is 2.59 bits per heavy atom. The van der Waals surface area contributed by atoms with Crippen LogP contribution in [0.25, 0.3) is 0 Å². The first-order valence-corrected chi connectivity index (χ1v) is 7.19. The summed E-state index contributed by atoms with van der Waals surface area (Å²) in [5.74, 6) is -0.942. The molecule has 0 spiro atoms. The lowest BCUT2D eigenvalue weighted by Crippen LogP contribution is -2.38. The highest BCUT2D eigenvalue weighted by Crippen LogP contribution is 2.21. The number of benzene rings is 1. The topological polar surface area (TPSA) is 89.8 Å². The average molecular weight is 306 g/mol. The molecule has 0 radical (unpaired) electrons. The molecule has 0 saturated carbocycles. The molecule has 0 N–H and O–H groups in total. The second-order valence-corrected chi connectivity index (χ2v) is 5.22. The Kier molecular flexibility index (Phi) is 5.08. The van der Waals surface area contributed by atoms with Gasteiger partial charge in [-0.05, 0) is 32.3 Å². The Labute approximate surface area is 128 Å². The molecule has 1 aliphatic rings. The lowest BCUT2D eigenvalue weighted by Gasteiger charge is -2.26. The van der Waals surface area contributed by atoms with Crippen molar-refractivity contribution in [2.75, 3.05) is 19.7 Å². The first kappa shape index (κ1) is 15.9. The fourth-order valence-electron chi connectivity index (χ4n) is 2.48. The monoisotopic (exact) mass is 306 g/mol. The van der Waals surface area contributed by atoms with Crippen LogP contribution in [0, 0.1) is 17.0 Å². The van der Waals surface area contributed by atoms with Crippen molar-refractivity contribution in [3.8, 4) is 0 Å². The molecule has 22 heavy (non-hydrogen) atoms. The van der Waals surface area contributed by atoms with E-state index >= 15 is 0 Å². The predicted octanol–water partition coefficient (Wildman–Crippen LogP) is 2.07. The van der Waals surface area contributed by atoms with E-state index in [0.29, 0.717) is 13.1 Å². The zero-order valence-corrected chi connectivity index (χ0v) is 12.4. The molecule has 7 heteroatoms. The summed E-state index contributed by atoms with van der Waals surface area (Å²) in [5, 5.41) is 10.9. The van der Waals surface area contributed by atoms with E-state index < -0.39 is 10.9 Å². The van der Waals surface area contributed by atoms with Crippen LogP contribution in [0.1, 0.15) is 35.2 Å². The standard InChI is InChI=1S/C15H18N2O5/c1-11-12(6-5-7-13(11)17(20)21)15(19)22-10-14(18)16-8-3-2-4-9-16/h5-7H,2-4,8-10H2,1H3. The quantitative estimate of drug-likeness (QED) is 0.482. The summed E-state index contributed by atoms with van der Waals surface area (Å²) in [7, 11) is 0. The number of piperidine rings is 1. The zero-order chi connectivity index (χ0) is 16.1. The number of esters is 1. The lowest BCUT2D eigenvalue weighted by atomic mass is 10.1. The molecule has 1 aromatic carbocycles. The number of rotatable bonds is 4. The maximum absolute atomic E-state index is 12.0. The Morgan fingerprint density at radius 1 is 1.27 bits per heavy atom. The number of ether oxygens (including phenoxy) is 1. The van der Waals surface area contributed by atoms with Gasteiger partial charge < -0.3 is 9.64 Å². The maximum Gasteiger partial charge on any atom is 0.339 e. The smallest absolute Gasteiger partial charge is 0.339 e. The number of carbonyl (C=O) groups excluding carboxylic acids is 2. The van der Waals surface area contributed by atoms with Gasteiger partial charge in [0.1, 0.15) is 0 Å². The molecule has 0 aromatic heterocycles. The Bertz CT molecular complexity index is 594. The largest absolute Gasteiger partial charge is 0.452 e. The van der Waals surface area contributed by atoms with Gasteiger partial charge in [-0.2, -0.15) is 0 Å². The van der Waals surface area contributed by atoms with Crippen molar-refractivity contribution in [1.82, 2.24) is 4.90 Å². The lowest BCUT2D eigenvalue weighted by molar-refractivity contribution is -0.385. The van der Waals surface area contributed by atoms with Gasteiger partial charge in [-0.15, -0.1) is 0 Å². The Morgan fingerprint density at radius 2 is 1.95 bits per heavy atom. The molecule has 1 aromatic rings. The van der Waals surface area contributed by atoms with Gasteiger partial charge in [0.2, 0.25) is 0 Å². The van der Waals surface area contributed by atoms with Crippen molar-refractivity contribution in [3.63, 3.8) is 0 Å². The summed E-state index contributed by atoms with van der Waals surface area (Å²) in [6.45, 7) is 2.53. The van der Waals surface area contributed by atoms with Crippen molar-refractivity contribution in [3.05, 3.63) is 39.4 Å². The highest BCUT2D eigenvalue weighted by atomic mass is 16.6. The number of amides is 1. The number of hydrogen-bond donors (Lipinski definition) is 0. The van der Waals surface area contributed by atoms with Crippen LogP contribution >= 0.6 is 0 Å². The number of nitro groups is 1. The molecular weight excluding hydrogens is 288 g/mol. The fourth-order valence-corrected chi connectivity index (χ4v) is 2.48. The number of nitro benzene ring substituents is 1. The number of carbonyl (C=O) groups is 2. The van der Waals surface area contributed by atoms with E-state index in [0.717, 1.165) is 19.3 Å². The SMILES string of the molecule is Cc1c(C(=O)OCC(=O)N2CCCCC2)cccc1[N+](=O)[O-]. The normalized spacial score (nSPS) is 14.5. The van der Waals surface area contributed by atoms with Crippen LogP contribution in [-0.2, 0) is 9.53 Å². The number of hydrogen-bond acceptors (Lipinski definition) is 5. The van der Waals surface area contributed by atoms with E-state index in [4.69, 9.17) is 4.74 Å². The summed E-state index contributed by atoms with van der Waals surface area (Å²) in [6, 6.07) is 4.20. The molecule has 7 nitrogen and oxygen atoms in total. The van der Waals surface area contributed by atoms with Crippen LogP contribution in [0.3, 0.4) is 0 Å². The number of likely N-dealkylation sites (tertiary alicyclic amines) is 1. The van der Waals surface area contributed by atoms with Gasteiger partial charge >= 0.3 is 5.97 Å². The molecule has 1 amide bonds. The molecule has 1 aliphatic heterocycles. The third-order valence-electron chi connectivity index (χ3n) is 3.76. The zero-order valence-electron chi connectivity index (χ0n) is 12.4. The maximum atomic E-state index is 12.0. The van der Waals surface area contributed by atoms with Gasteiger partial charge in [0, 0.05) is 24.7 Å². The van der Waals surface area contributed by atoms with Crippen LogP contribution in [-0.4, -0.2) is 41.4 Å². The summed E-state index contributed by atoms with van der Waals surface area (Å²) in [6.07, 6.45) is 3.03. The van der Waals surface area contributed by atoms with Crippen LogP contribution < -0.4 is 0 Å². The molecule has 0 unspecified atom stereocenters. The highest BCUT2D eigenvalue weighted by Gasteiger charge is 2.21. The molecular formula is C15H18N2O5.